The first-order valence-electron chi connectivity index (χ1n) is 11.1. The van der Waals surface area contributed by atoms with Crippen molar-refractivity contribution in [2.75, 3.05) is 45.6 Å². The van der Waals surface area contributed by atoms with Crippen LogP contribution in [0.3, 0.4) is 0 Å². The van der Waals surface area contributed by atoms with Crippen molar-refractivity contribution in [1.29, 1.82) is 0 Å². The summed E-state index contributed by atoms with van der Waals surface area (Å²) >= 11 is 0. The summed E-state index contributed by atoms with van der Waals surface area (Å²) in [5, 5.41) is 11.2. The van der Waals surface area contributed by atoms with Crippen LogP contribution >= 0.6 is 0 Å². The molecule has 1 fully saturated rings. The van der Waals surface area contributed by atoms with Crippen LogP contribution in [0.2, 0.25) is 0 Å². The number of fused-ring (bicyclic) bond motifs is 1. The zero-order valence-electron chi connectivity index (χ0n) is 19.4. The highest BCUT2D eigenvalue weighted by Gasteiger charge is 2.29. The Labute approximate surface area is 201 Å². The highest BCUT2D eigenvalue weighted by molar-refractivity contribution is 7.89. The molecular formula is C22H26N6O6S. The Morgan fingerprint density at radius 2 is 1.91 bits per heavy atom. The number of nitrogens with one attached hydrogen (secondary N) is 1. The number of piperazine rings is 1. The van der Waals surface area contributed by atoms with Crippen LogP contribution in [0.4, 0.5) is 11.4 Å². The number of aromatic nitrogens is 2. The number of nitrogen functional groups attached to an aromatic ring is 1. The summed E-state index contributed by atoms with van der Waals surface area (Å²) in [6.07, 6.45) is 0.711. The first-order chi connectivity index (χ1) is 16.6. The van der Waals surface area contributed by atoms with Crippen LogP contribution in [0.15, 0.2) is 40.0 Å². The van der Waals surface area contributed by atoms with E-state index in [1.165, 1.54) is 22.5 Å². The van der Waals surface area contributed by atoms with Crippen LogP contribution < -0.4 is 16.0 Å². The largest absolute Gasteiger partial charge is 0.493 e. The van der Waals surface area contributed by atoms with Gasteiger partial charge in [0.15, 0.2) is 0 Å². The molecule has 0 atom stereocenters. The van der Waals surface area contributed by atoms with Crippen molar-refractivity contribution in [3.05, 3.63) is 50.8 Å². The summed E-state index contributed by atoms with van der Waals surface area (Å²) in [6, 6.07) is 6.77. The maximum atomic E-state index is 13.3. The number of nitrogens with two attached hydrogens (primary N) is 1. The van der Waals surface area contributed by atoms with E-state index in [-0.39, 0.29) is 32.9 Å². The second-order valence-corrected chi connectivity index (χ2v) is 10.3. The first-order valence-corrected chi connectivity index (χ1v) is 12.5. The Hall–Kier alpha value is -3.55. The molecule has 3 aromatic rings. The van der Waals surface area contributed by atoms with Gasteiger partial charge in [0.1, 0.15) is 17.3 Å². The second-order valence-electron chi connectivity index (χ2n) is 8.31. The molecule has 0 unspecified atom stereocenters. The highest BCUT2D eigenvalue weighted by atomic mass is 32.2. The second kappa shape index (κ2) is 9.60. The molecule has 1 aliphatic rings. The number of ether oxygens (including phenoxy) is 1. The lowest BCUT2D eigenvalue weighted by Gasteiger charge is -2.31. The maximum Gasteiger partial charge on any atom is 0.293 e. The number of nitro benzene ring substituents is 1. The average Bonchev–Trinajstić information content (AvgIpc) is 2.82. The quantitative estimate of drug-likeness (QED) is 0.278. The van der Waals surface area contributed by atoms with E-state index in [4.69, 9.17) is 10.5 Å². The monoisotopic (exact) mass is 502 g/mol. The van der Waals surface area contributed by atoms with Crippen LogP contribution in [0.1, 0.15) is 13.3 Å². The van der Waals surface area contributed by atoms with E-state index >= 15 is 0 Å². The molecule has 12 nitrogen and oxygen atoms in total. The van der Waals surface area contributed by atoms with Crippen molar-refractivity contribution in [2.45, 2.75) is 18.2 Å². The third-order valence-corrected chi connectivity index (χ3v) is 7.71. The number of sulfonamides is 1. The van der Waals surface area contributed by atoms with E-state index in [2.05, 4.69) is 14.9 Å². The van der Waals surface area contributed by atoms with E-state index in [1.807, 2.05) is 14.0 Å². The molecule has 1 aliphatic heterocycles. The van der Waals surface area contributed by atoms with Gasteiger partial charge in [0.05, 0.1) is 32.9 Å². The van der Waals surface area contributed by atoms with Gasteiger partial charge in [-0.2, -0.15) is 4.31 Å². The van der Waals surface area contributed by atoms with E-state index in [1.54, 1.807) is 6.07 Å². The van der Waals surface area contributed by atoms with Crippen LogP contribution in [-0.4, -0.2) is 72.3 Å². The molecule has 2 aromatic carbocycles. The molecule has 13 heteroatoms. The van der Waals surface area contributed by atoms with Crippen LogP contribution in [0.25, 0.3) is 22.3 Å². The fourth-order valence-corrected chi connectivity index (χ4v) is 5.30. The Balaban J connectivity index is 1.85. The third kappa shape index (κ3) is 4.83. The predicted octanol–water partition coefficient (Wildman–Crippen LogP) is 1.81. The lowest BCUT2D eigenvalue weighted by atomic mass is 10.1. The summed E-state index contributed by atoms with van der Waals surface area (Å²) in [7, 11) is -1.86. The lowest BCUT2D eigenvalue weighted by Crippen LogP contribution is -2.47. The van der Waals surface area contributed by atoms with Gasteiger partial charge in [0.25, 0.3) is 11.2 Å². The topological polar surface area (TPSA) is 165 Å². The molecule has 186 valence electrons. The Morgan fingerprint density at radius 1 is 1.20 bits per heavy atom. The minimum Gasteiger partial charge on any atom is -0.493 e. The number of anilines is 1. The molecule has 1 saturated heterocycles. The number of rotatable bonds is 7. The van der Waals surface area contributed by atoms with Gasteiger partial charge in [-0.1, -0.05) is 6.92 Å². The number of hydrogen-bond donors (Lipinski definition) is 2. The predicted molar refractivity (Wildman–Crippen MR) is 131 cm³/mol. The van der Waals surface area contributed by atoms with Crippen molar-refractivity contribution in [3.63, 3.8) is 0 Å². The smallest absolute Gasteiger partial charge is 0.293 e. The zero-order chi connectivity index (χ0) is 25.3. The van der Waals surface area contributed by atoms with Crippen molar-refractivity contribution < 1.29 is 18.1 Å². The minimum atomic E-state index is -3.79. The number of H-pyrrole nitrogens is 1. The number of aromatic amines is 1. The Morgan fingerprint density at radius 3 is 2.57 bits per heavy atom. The van der Waals surface area contributed by atoms with Crippen LogP contribution in [0, 0.1) is 10.1 Å². The van der Waals surface area contributed by atoms with E-state index in [0.29, 0.717) is 45.0 Å². The molecule has 0 bridgehead atoms. The van der Waals surface area contributed by atoms with Crippen LogP contribution in [0.5, 0.6) is 5.75 Å². The van der Waals surface area contributed by atoms with Gasteiger partial charge < -0.3 is 20.4 Å². The SMILES string of the molecule is CCCOc1ccc(S(=O)(=O)N2CCN(C)CC2)cc1-c1nc2cc(N)c([N+](=O)[O-])cc2c(=O)[nH]1. The number of nitrogens with zero attached hydrogens (tertiary/aromatic N) is 4. The first kappa shape index (κ1) is 24.6. The number of nitro groups is 1. The molecule has 35 heavy (non-hydrogen) atoms. The normalized spacial score (nSPS) is 15.4. The van der Waals surface area contributed by atoms with Crippen molar-refractivity contribution >= 4 is 32.3 Å². The average molecular weight is 503 g/mol. The minimum absolute atomic E-state index is 0.00751. The van der Waals surface area contributed by atoms with Gasteiger partial charge >= 0.3 is 0 Å². The molecular weight excluding hydrogens is 476 g/mol. The number of hydrogen-bond acceptors (Lipinski definition) is 9. The summed E-state index contributed by atoms with van der Waals surface area (Å²) < 4.78 is 33.9. The molecule has 2 heterocycles. The highest BCUT2D eigenvalue weighted by Crippen LogP contribution is 2.33. The molecule has 0 aliphatic carbocycles. The van der Waals surface area contributed by atoms with Gasteiger partial charge in [-0.15, -0.1) is 0 Å². The molecule has 0 amide bonds. The van der Waals surface area contributed by atoms with Gasteiger partial charge in [0.2, 0.25) is 10.0 Å². The van der Waals surface area contributed by atoms with E-state index in [0.717, 1.165) is 6.07 Å². The summed E-state index contributed by atoms with van der Waals surface area (Å²) in [4.78, 5) is 32.5. The fraction of sp³-hybridized carbons (Fsp3) is 0.364. The molecule has 0 radical (unpaired) electrons. The molecule has 0 saturated carbocycles. The number of benzene rings is 2. The van der Waals surface area contributed by atoms with Gasteiger partial charge in [-0.25, -0.2) is 13.4 Å². The Bertz CT molecular complexity index is 1450. The lowest BCUT2D eigenvalue weighted by molar-refractivity contribution is -0.383. The van der Waals surface area contributed by atoms with E-state index in [9.17, 15) is 23.3 Å². The van der Waals surface area contributed by atoms with Crippen molar-refractivity contribution in [3.8, 4) is 17.1 Å². The standard InChI is InChI=1S/C22H26N6O6S/c1-3-10-34-20-5-4-14(35(32,33)27-8-6-26(2)7-9-27)11-16(20)21-24-18-13-17(23)19(28(30)31)12-15(18)22(29)25-21/h4-5,11-13H,3,6-10,23H2,1-2H3,(H,24,25,29). The van der Waals surface area contributed by atoms with Gasteiger partial charge in [-0.3, -0.25) is 14.9 Å². The molecule has 1 aromatic heterocycles. The fourth-order valence-electron chi connectivity index (χ4n) is 3.85. The van der Waals surface area contributed by atoms with Gasteiger partial charge in [-0.05, 0) is 37.7 Å². The third-order valence-electron chi connectivity index (χ3n) is 5.82. The summed E-state index contributed by atoms with van der Waals surface area (Å²) in [5.41, 5.74) is 5.05. The van der Waals surface area contributed by atoms with E-state index < -0.39 is 26.2 Å². The summed E-state index contributed by atoms with van der Waals surface area (Å²) in [5.74, 6) is 0.416. The number of likely N-dealkylation sites (N-methyl/N-ethyl adjacent to an activating group) is 1. The van der Waals surface area contributed by atoms with Crippen LogP contribution in [-0.2, 0) is 10.0 Å². The van der Waals surface area contributed by atoms with Crippen molar-refractivity contribution in [1.82, 2.24) is 19.2 Å². The molecule has 4 rings (SSSR count). The Kier molecular flexibility index (Phi) is 6.74. The molecule has 0 spiro atoms. The van der Waals surface area contributed by atoms with Gasteiger partial charge in [0, 0.05) is 32.2 Å². The zero-order valence-corrected chi connectivity index (χ0v) is 20.2. The summed E-state index contributed by atoms with van der Waals surface area (Å²) in [6.45, 7) is 4.27. The maximum absolute atomic E-state index is 13.3. The van der Waals surface area contributed by atoms with Crippen molar-refractivity contribution in [2.24, 2.45) is 0 Å². The molecule has 3 N–H and O–H groups in total.